The Morgan fingerprint density at radius 1 is 0.870 bits per heavy atom. The van der Waals surface area contributed by atoms with E-state index in [4.69, 9.17) is 0 Å². The summed E-state index contributed by atoms with van der Waals surface area (Å²) >= 11 is 0. The molecule has 1 unspecified atom stereocenters. The Morgan fingerprint density at radius 3 is 2.09 bits per heavy atom. The zero-order valence-electron chi connectivity index (χ0n) is 14.6. The maximum absolute atomic E-state index is 2.53. The monoisotopic (exact) mass is 318 g/mol. The Bertz CT molecular complexity index is 735. The largest absolute Gasteiger partial charge is 0.141 e. The molecule has 1 atom stereocenters. The lowest BCUT2D eigenvalue weighted by Crippen LogP contribution is -2.57. The summed E-state index contributed by atoms with van der Waals surface area (Å²) in [5, 5.41) is 4.72. The number of allylic oxidation sites excluding steroid dienone is 4. The van der Waals surface area contributed by atoms with E-state index in [9.17, 15) is 0 Å². The molecule has 0 radical (unpaired) electrons. The van der Waals surface area contributed by atoms with E-state index in [1.54, 1.807) is 10.8 Å². The van der Waals surface area contributed by atoms with Crippen LogP contribution in [-0.2, 0) is 0 Å². The summed E-state index contributed by atoms with van der Waals surface area (Å²) in [5.41, 5.74) is 2.89. The van der Waals surface area contributed by atoms with Gasteiger partial charge in [-0.3, -0.25) is 0 Å². The molecule has 1 aliphatic carbocycles. The molecule has 1 aliphatic rings. The first-order valence-electron chi connectivity index (χ1n) is 8.56. The minimum atomic E-state index is -1.90. The van der Waals surface area contributed by atoms with Crippen LogP contribution >= 0.6 is 0 Å². The van der Waals surface area contributed by atoms with Crippen LogP contribution in [0.2, 0.25) is 6.55 Å². The van der Waals surface area contributed by atoms with E-state index in [1.807, 2.05) is 0 Å². The Hall–Kier alpha value is -1.86. The quantitative estimate of drug-likeness (QED) is 0.721. The van der Waals surface area contributed by atoms with Crippen molar-refractivity contribution >= 4 is 18.4 Å². The smallest absolute Gasteiger partial charge is 0.0805 e. The van der Waals surface area contributed by atoms with Crippen LogP contribution in [-0.4, -0.2) is 8.07 Å². The maximum Gasteiger partial charge on any atom is 0.141 e. The van der Waals surface area contributed by atoms with E-state index >= 15 is 0 Å². The van der Waals surface area contributed by atoms with E-state index in [2.05, 4.69) is 94.1 Å². The first-order chi connectivity index (χ1) is 11.0. The van der Waals surface area contributed by atoms with Gasteiger partial charge in [0, 0.05) is 0 Å². The predicted octanol–water partition coefficient (Wildman–Crippen LogP) is 4.64. The molecule has 118 valence electrons. The molecule has 23 heavy (non-hydrogen) atoms. The highest BCUT2D eigenvalue weighted by atomic mass is 28.3. The molecule has 0 nitrogen and oxygen atoms in total. The molecule has 0 fully saturated rings. The van der Waals surface area contributed by atoms with Crippen molar-refractivity contribution in [3.8, 4) is 0 Å². The molecule has 0 amide bonds. The van der Waals surface area contributed by atoms with Crippen LogP contribution in [0.5, 0.6) is 0 Å². The minimum absolute atomic E-state index is 0.588. The molecule has 0 aromatic heterocycles. The normalized spacial score (nSPS) is 16.9. The van der Waals surface area contributed by atoms with Gasteiger partial charge in [0.1, 0.15) is 8.07 Å². The van der Waals surface area contributed by atoms with E-state index in [1.165, 1.54) is 15.9 Å². The van der Waals surface area contributed by atoms with Gasteiger partial charge in [-0.25, -0.2) is 0 Å². The van der Waals surface area contributed by atoms with Crippen molar-refractivity contribution in [1.82, 2.24) is 0 Å². The Labute approximate surface area is 141 Å². The Morgan fingerprint density at radius 2 is 1.48 bits per heavy atom. The molecule has 0 saturated heterocycles. The van der Waals surface area contributed by atoms with Gasteiger partial charge < -0.3 is 0 Å². The molecule has 0 bridgehead atoms. The molecule has 0 aliphatic heterocycles. The van der Waals surface area contributed by atoms with Crippen molar-refractivity contribution < 1.29 is 0 Å². The fourth-order valence-corrected chi connectivity index (χ4v) is 7.93. The second-order valence-corrected chi connectivity index (χ2v) is 11.1. The van der Waals surface area contributed by atoms with E-state index in [-0.39, 0.29) is 0 Å². The van der Waals surface area contributed by atoms with Crippen molar-refractivity contribution in [1.29, 1.82) is 0 Å². The zero-order chi connectivity index (χ0) is 16.4. The molecular weight excluding hydrogens is 292 g/mol. The molecule has 0 N–H and O–H groups in total. The fraction of sp³-hybridized carbons (Fsp3) is 0.273. The van der Waals surface area contributed by atoms with Crippen molar-refractivity contribution in [3.63, 3.8) is 0 Å². The number of aryl methyl sites for hydroxylation is 1. The summed E-state index contributed by atoms with van der Waals surface area (Å²) in [6.45, 7) is 9.33. The molecule has 2 aromatic rings. The first-order valence-corrected chi connectivity index (χ1v) is 11.1. The lowest BCUT2D eigenvalue weighted by atomic mass is 10.1. The van der Waals surface area contributed by atoms with E-state index < -0.39 is 8.07 Å². The number of rotatable bonds is 4. The van der Waals surface area contributed by atoms with Crippen LogP contribution in [0.1, 0.15) is 25.8 Å². The summed E-state index contributed by atoms with van der Waals surface area (Å²) in [5.74, 6) is 0.588. The Balaban J connectivity index is 2.23. The molecule has 1 heteroatoms. The summed E-state index contributed by atoms with van der Waals surface area (Å²) in [6, 6.07) is 20.4. The Kier molecular flexibility index (Phi) is 4.41. The lowest BCUT2D eigenvalue weighted by Gasteiger charge is -2.32. The van der Waals surface area contributed by atoms with Gasteiger partial charge in [0.15, 0.2) is 0 Å². The van der Waals surface area contributed by atoms with Crippen molar-refractivity contribution in [3.05, 3.63) is 83.1 Å². The summed E-state index contributed by atoms with van der Waals surface area (Å²) in [7, 11) is -1.90. The van der Waals surface area contributed by atoms with Gasteiger partial charge in [0.2, 0.25) is 0 Å². The van der Waals surface area contributed by atoms with Crippen LogP contribution in [0, 0.1) is 12.8 Å². The fourth-order valence-electron chi connectivity index (χ4n) is 3.73. The topological polar surface area (TPSA) is 0 Å². The van der Waals surface area contributed by atoms with E-state index in [0.717, 1.165) is 6.42 Å². The first kappa shape index (κ1) is 16.0. The van der Waals surface area contributed by atoms with Crippen LogP contribution in [0.15, 0.2) is 77.5 Å². The van der Waals surface area contributed by atoms with Gasteiger partial charge in [-0.2, -0.15) is 0 Å². The standard InChI is InChI=1S/C22H26Si/c1-17(2)21-11-8-12-22(21)23(4,19-9-6-5-7-10-19)20-15-13-18(3)14-16-20/h5-11,13-17H,12H2,1-4H3. The van der Waals surface area contributed by atoms with Crippen LogP contribution in [0.25, 0.3) is 0 Å². The zero-order valence-corrected chi connectivity index (χ0v) is 15.6. The third kappa shape index (κ3) is 2.86. The second-order valence-electron chi connectivity index (χ2n) is 7.05. The number of hydrogen-bond donors (Lipinski definition) is 0. The lowest BCUT2D eigenvalue weighted by molar-refractivity contribution is 0.789. The van der Waals surface area contributed by atoms with Gasteiger partial charge in [-0.1, -0.05) is 97.9 Å². The van der Waals surface area contributed by atoms with Crippen molar-refractivity contribution in [2.24, 2.45) is 5.92 Å². The molecule has 0 heterocycles. The summed E-state index contributed by atoms with van der Waals surface area (Å²) in [6.07, 6.45) is 5.83. The number of benzene rings is 2. The predicted molar refractivity (Wildman–Crippen MR) is 104 cm³/mol. The van der Waals surface area contributed by atoms with Crippen LogP contribution in [0.3, 0.4) is 0 Å². The second kappa shape index (κ2) is 6.33. The summed E-state index contributed by atoms with van der Waals surface area (Å²) in [4.78, 5) is 0. The van der Waals surface area contributed by atoms with Gasteiger partial charge in [-0.15, -0.1) is 0 Å². The molecule has 3 rings (SSSR count). The third-order valence-corrected chi connectivity index (χ3v) is 9.85. The molecular formula is C22H26Si. The third-order valence-electron chi connectivity index (χ3n) is 5.17. The highest BCUT2D eigenvalue weighted by Gasteiger charge is 2.38. The van der Waals surface area contributed by atoms with Crippen LogP contribution in [0.4, 0.5) is 0 Å². The average Bonchev–Trinajstić information content (AvgIpc) is 3.06. The highest BCUT2D eigenvalue weighted by molar-refractivity contribution is 7.06. The number of hydrogen-bond acceptors (Lipinski definition) is 0. The van der Waals surface area contributed by atoms with Gasteiger partial charge in [-0.05, 0) is 35.2 Å². The maximum atomic E-state index is 2.53. The van der Waals surface area contributed by atoms with Gasteiger partial charge >= 0.3 is 0 Å². The van der Waals surface area contributed by atoms with Gasteiger partial charge in [0.25, 0.3) is 0 Å². The average molecular weight is 319 g/mol. The van der Waals surface area contributed by atoms with Crippen LogP contribution < -0.4 is 10.4 Å². The minimum Gasteiger partial charge on any atom is -0.0805 e. The van der Waals surface area contributed by atoms with Gasteiger partial charge in [0.05, 0.1) is 0 Å². The molecule has 0 spiro atoms. The molecule has 2 aromatic carbocycles. The van der Waals surface area contributed by atoms with E-state index in [0.29, 0.717) is 5.92 Å². The SMILES string of the molecule is Cc1ccc([Si](C)(C2=C(C(C)C)C=CC2)c2ccccc2)cc1. The highest BCUT2D eigenvalue weighted by Crippen LogP contribution is 2.32. The summed E-state index contributed by atoms with van der Waals surface area (Å²) < 4.78 is 0. The molecule has 0 saturated carbocycles. The van der Waals surface area contributed by atoms with Crippen molar-refractivity contribution in [2.45, 2.75) is 33.7 Å². The van der Waals surface area contributed by atoms with Crippen molar-refractivity contribution in [2.75, 3.05) is 0 Å².